The Morgan fingerprint density at radius 3 is 2.33 bits per heavy atom. The summed E-state index contributed by atoms with van der Waals surface area (Å²) in [6.45, 7) is 0. The molecule has 0 radical (unpaired) electrons. The average Bonchev–Trinajstić information content (AvgIpc) is 2.03. The summed E-state index contributed by atoms with van der Waals surface area (Å²) in [5.74, 6) is -0.922. The van der Waals surface area contributed by atoms with Gasteiger partial charge in [0.25, 0.3) is 0 Å². The molecule has 0 aliphatic carbocycles. The van der Waals surface area contributed by atoms with Gasteiger partial charge in [0.1, 0.15) is 0 Å². The van der Waals surface area contributed by atoms with Crippen LogP contribution in [0.3, 0.4) is 0 Å². The molecular weight excluding hydrogens is 196 g/mol. The molecule has 0 aromatic heterocycles. The van der Waals surface area contributed by atoms with Crippen molar-refractivity contribution in [3.05, 3.63) is 42.0 Å². The van der Waals surface area contributed by atoms with Gasteiger partial charge in [-0.2, -0.15) is 0 Å². The Morgan fingerprint density at radius 1 is 1.25 bits per heavy atom. The Labute approximate surface area is 81.4 Å². The Kier molecular flexibility index (Phi) is 5.09. The van der Waals surface area contributed by atoms with Crippen molar-refractivity contribution >= 4 is 12.0 Å². The fourth-order valence-electron chi connectivity index (χ4n) is 0.732. The van der Waals surface area contributed by atoms with Crippen LogP contribution >= 0.6 is 0 Å². The fraction of sp³-hybridized carbons (Fsp3) is 0. The summed E-state index contributed by atoms with van der Waals surface area (Å²) in [7, 11) is 0. The first-order valence-corrected chi connectivity index (χ1v) is 3.25. The molecule has 1 rings (SSSR count). The quantitative estimate of drug-likeness (QED) is 0.588. The molecule has 0 atom stereocenters. The number of carboxylic acid groups (broad SMARTS) is 1. The average molecular weight is 204 g/mol. The fourth-order valence-corrected chi connectivity index (χ4v) is 0.732. The van der Waals surface area contributed by atoms with Crippen molar-refractivity contribution in [1.29, 1.82) is 0 Å². The maximum Gasteiger partial charge on any atom is 0.328 e. The standard InChI is InChI=1S/C9H8O2.Fe/c10-9(11)7-6-8-4-2-1-3-5-8;/h1-7H,(H,10,11);. The van der Waals surface area contributed by atoms with Crippen molar-refractivity contribution in [2.24, 2.45) is 0 Å². The van der Waals surface area contributed by atoms with Gasteiger partial charge in [0.15, 0.2) is 0 Å². The molecule has 0 saturated carbocycles. The molecule has 1 N–H and O–H groups in total. The van der Waals surface area contributed by atoms with Crippen LogP contribution in [0, 0.1) is 0 Å². The van der Waals surface area contributed by atoms with E-state index in [0.717, 1.165) is 11.6 Å². The van der Waals surface area contributed by atoms with Crippen LogP contribution in [0.25, 0.3) is 6.08 Å². The summed E-state index contributed by atoms with van der Waals surface area (Å²) in [5, 5.41) is 8.29. The van der Waals surface area contributed by atoms with E-state index < -0.39 is 5.97 Å². The minimum atomic E-state index is -0.922. The van der Waals surface area contributed by atoms with Crippen LogP contribution < -0.4 is 0 Å². The molecule has 0 heterocycles. The smallest absolute Gasteiger partial charge is 0.328 e. The van der Waals surface area contributed by atoms with E-state index >= 15 is 0 Å². The van der Waals surface area contributed by atoms with Gasteiger partial charge in [-0.15, -0.1) is 0 Å². The molecule has 1 aromatic rings. The van der Waals surface area contributed by atoms with E-state index in [1.807, 2.05) is 30.3 Å². The number of aliphatic carboxylic acids is 1. The molecule has 0 aliphatic rings. The maximum atomic E-state index is 10.1. The summed E-state index contributed by atoms with van der Waals surface area (Å²) in [4.78, 5) is 10.1. The third kappa shape index (κ3) is 3.96. The van der Waals surface area contributed by atoms with Crippen LogP contribution in [-0.4, -0.2) is 11.1 Å². The summed E-state index contributed by atoms with van der Waals surface area (Å²) in [5.41, 5.74) is 0.898. The van der Waals surface area contributed by atoms with Gasteiger partial charge in [-0.1, -0.05) is 30.3 Å². The third-order valence-corrected chi connectivity index (χ3v) is 1.22. The number of rotatable bonds is 2. The SMILES string of the molecule is O=C(O)C=Cc1ccccc1.[Fe]. The second-order valence-corrected chi connectivity index (χ2v) is 2.08. The van der Waals surface area contributed by atoms with Crippen molar-refractivity contribution in [3.8, 4) is 0 Å². The molecule has 0 amide bonds. The van der Waals surface area contributed by atoms with Gasteiger partial charge >= 0.3 is 5.97 Å². The Balaban J connectivity index is 0.00000121. The topological polar surface area (TPSA) is 37.3 Å². The maximum absolute atomic E-state index is 10.1. The van der Waals surface area contributed by atoms with Crippen molar-refractivity contribution in [1.82, 2.24) is 0 Å². The van der Waals surface area contributed by atoms with E-state index in [2.05, 4.69) is 0 Å². The van der Waals surface area contributed by atoms with E-state index in [1.165, 1.54) is 0 Å². The number of carboxylic acids is 1. The monoisotopic (exact) mass is 204 g/mol. The minimum absolute atomic E-state index is 0. The minimum Gasteiger partial charge on any atom is -0.478 e. The molecule has 3 heteroatoms. The zero-order chi connectivity index (χ0) is 8.10. The van der Waals surface area contributed by atoms with Crippen LogP contribution in [0.4, 0.5) is 0 Å². The second-order valence-electron chi connectivity index (χ2n) is 2.08. The van der Waals surface area contributed by atoms with Crippen LogP contribution in [-0.2, 0) is 21.9 Å². The Morgan fingerprint density at radius 2 is 1.83 bits per heavy atom. The molecule has 64 valence electrons. The van der Waals surface area contributed by atoms with Crippen molar-refractivity contribution in [2.45, 2.75) is 0 Å². The predicted molar refractivity (Wildman–Crippen MR) is 43.1 cm³/mol. The number of hydrogen-bond acceptors (Lipinski definition) is 1. The van der Waals surface area contributed by atoms with Crippen LogP contribution in [0.5, 0.6) is 0 Å². The second kappa shape index (κ2) is 5.58. The molecule has 12 heavy (non-hydrogen) atoms. The summed E-state index contributed by atoms with van der Waals surface area (Å²) in [6.07, 6.45) is 2.68. The van der Waals surface area contributed by atoms with Gasteiger partial charge in [-0.3, -0.25) is 0 Å². The molecule has 0 unspecified atom stereocenters. The first kappa shape index (κ1) is 10.9. The van der Waals surface area contributed by atoms with Gasteiger partial charge in [-0.05, 0) is 11.6 Å². The van der Waals surface area contributed by atoms with E-state index in [4.69, 9.17) is 5.11 Å². The third-order valence-electron chi connectivity index (χ3n) is 1.22. The van der Waals surface area contributed by atoms with Crippen molar-refractivity contribution in [2.75, 3.05) is 0 Å². The van der Waals surface area contributed by atoms with Crippen LogP contribution in [0.15, 0.2) is 36.4 Å². The Bertz CT molecular complexity index is 267. The normalized spacial score (nSPS) is 9.33. The van der Waals surface area contributed by atoms with E-state index in [1.54, 1.807) is 6.08 Å². The van der Waals surface area contributed by atoms with Crippen molar-refractivity contribution in [3.63, 3.8) is 0 Å². The number of benzene rings is 1. The number of hydrogen-bond donors (Lipinski definition) is 1. The molecule has 0 spiro atoms. The first-order chi connectivity index (χ1) is 5.29. The molecular formula is C9H8FeO2. The van der Waals surface area contributed by atoms with E-state index in [0.29, 0.717) is 0 Å². The van der Waals surface area contributed by atoms with E-state index in [-0.39, 0.29) is 17.1 Å². The summed E-state index contributed by atoms with van der Waals surface area (Å²) >= 11 is 0. The van der Waals surface area contributed by atoms with Gasteiger partial charge < -0.3 is 5.11 Å². The van der Waals surface area contributed by atoms with Gasteiger partial charge in [0.05, 0.1) is 0 Å². The first-order valence-electron chi connectivity index (χ1n) is 3.25. The van der Waals surface area contributed by atoms with Crippen LogP contribution in [0.1, 0.15) is 5.56 Å². The van der Waals surface area contributed by atoms with Gasteiger partial charge in [0.2, 0.25) is 0 Å². The Hall–Kier alpha value is -1.05. The molecule has 0 bridgehead atoms. The number of carbonyl (C=O) groups is 1. The zero-order valence-electron chi connectivity index (χ0n) is 6.25. The van der Waals surface area contributed by atoms with Gasteiger partial charge in [0, 0.05) is 23.1 Å². The molecule has 0 aliphatic heterocycles. The molecule has 2 nitrogen and oxygen atoms in total. The summed E-state index contributed by atoms with van der Waals surface area (Å²) < 4.78 is 0. The summed E-state index contributed by atoms with van der Waals surface area (Å²) in [6, 6.07) is 9.31. The predicted octanol–water partition coefficient (Wildman–Crippen LogP) is 1.78. The largest absolute Gasteiger partial charge is 0.478 e. The van der Waals surface area contributed by atoms with Crippen LogP contribution in [0.2, 0.25) is 0 Å². The molecule has 0 saturated heterocycles. The van der Waals surface area contributed by atoms with Crippen molar-refractivity contribution < 1.29 is 27.0 Å². The molecule has 1 aromatic carbocycles. The van der Waals surface area contributed by atoms with E-state index in [9.17, 15) is 4.79 Å². The van der Waals surface area contributed by atoms with Gasteiger partial charge in [-0.25, -0.2) is 4.79 Å². The molecule has 0 fully saturated rings. The zero-order valence-corrected chi connectivity index (χ0v) is 7.35.